The maximum absolute atomic E-state index is 6.10. The fraction of sp³-hybridized carbons (Fsp3) is 0.176. The van der Waals surface area contributed by atoms with Crippen LogP contribution >= 0.6 is 50.6 Å². The van der Waals surface area contributed by atoms with Crippen LogP contribution in [-0.2, 0) is 19.4 Å². The number of rotatable bonds is 7. The van der Waals surface area contributed by atoms with E-state index in [1.807, 2.05) is 41.3 Å². The van der Waals surface area contributed by atoms with E-state index in [-0.39, 0.29) is 6.61 Å². The predicted octanol–water partition coefficient (Wildman–Crippen LogP) is 5.21. The van der Waals surface area contributed by atoms with Gasteiger partial charge in [-0.15, -0.1) is 21.5 Å². The summed E-state index contributed by atoms with van der Waals surface area (Å²) in [6.07, 6.45) is 0. The highest BCUT2D eigenvalue weighted by Gasteiger charge is 2.14. The Labute approximate surface area is 182 Å². The van der Waals surface area contributed by atoms with Crippen molar-refractivity contribution in [3.8, 4) is 16.5 Å². The van der Waals surface area contributed by atoms with Crippen molar-refractivity contribution in [2.75, 3.05) is 0 Å². The Bertz CT molecular complexity index is 1100. The molecule has 3 heterocycles. The van der Waals surface area contributed by atoms with Crippen LogP contribution in [0.15, 0.2) is 49.9 Å². The molecule has 0 aliphatic heterocycles. The second-order valence-corrected chi connectivity index (χ2v) is 8.78. The summed E-state index contributed by atoms with van der Waals surface area (Å²) in [6.45, 7) is 0.270. The summed E-state index contributed by atoms with van der Waals surface area (Å²) in [4.78, 5) is 5.37. The van der Waals surface area contributed by atoms with E-state index in [9.17, 15) is 0 Å². The van der Waals surface area contributed by atoms with Crippen molar-refractivity contribution in [1.82, 2.24) is 24.9 Å². The Hall–Kier alpha value is -1.88. The number of para-hydroxylation sites is 1. The maximum atomic E-state index is 6.10. The number of nitrogens with zero attached hydrogens (tertiary/aromatic N) is 5. The first-order valence-corrected chi connectivity index (χ1v) is 11.1. The van der Waals surface area contributed by atoms with Crippen molar-refractivity contribution in [3.63, 3.8) is 0 Å². The molecule has 0 aliphatic rings. The molecule has 0 saturated heterocycles. The van der Waals surface area contributed by atoms with Crippen molar-refractivity contribution in [2.24, 2.45) is 7.05 Å². The Kier molecular flexibility index (Phi) is 6.00. The smallest absolute Gasteiger partial charge is 0.237 e. The first kappa shape index (κ1) is 19.4. The molecule has 0 spiro atoms. The maximum Gasteiger partial charge on any atom is 0.237 e. The predicted molar refractivity (Wildman–Crippen MR) is 112 cm³/mol. The van der Waals surface area contributed by atoms with Crippen molar-refractivity contribution in [2.45, 2.75) is 17.5 Å². The number of benzene rings is 1. The third-order valence-electron chi connectivity index (χ3n) is 3.70. The van der Waals surface area contributed by atoms with E-state index in [1.54, 1.807) is 17.4 Å². The van der Waals surface area contributed by atoms with Gasteiger partial charge in [-0.2, -0.15) is 4.98 Å². The molecule has 0 atom stereocenters. The third kappa shape index (κ3) is 4.40. The fourth-order valence-electron chi connectivity index (χ4n) is 2.27. The minimum absolute atomic E-state index is 0.270. The monoisotopic (exact) mass is 497 g/mol. The van der Waals surface area contributed by atoms with Gasteiger partial charge in [-0.1, -0.05) is 40.7 Å². The van der Waals surface area contributed by atoms with E-state index >= 15 is 0 Å². The molecule has 0 bridgehead atoms. The summed E-state index contributed by atoms with van der Waals surface area (Å²) in [5, 5.41) is 15.7. The van der Waals surface area contributed by atoms with Crippen molar-refractivity contribution < 1.29 is 9.26 Å². The first-order chi connectivity index (χ1) is 13.6. The zero-order valence-electron chi connectivity index (χ0n) is 14.5. The summed E-state index contributed by atoms with van der Waals surface area (Å²) < 4.78 is 13.9. The highest BCUT2D eigenvalue weighted by molar-refractivity contribution is 9.10. The number of hydrogen-bond acceptors (Lipinski definition) is 8. The van der Waals surface area contributed by atoms with Gasteiger partial charge in [-0.3, -0.25) is 0 Å². The van der Waals surface area contributed by atoms with Gasteiger partial charge in [-0.25, -0.2) is 0 Å². The van der Waals surface area contributed by atoms with E-state index in [2.05, 4.69) is 36.3 Å². The molecule has 11 heteroatoms. The van der Waals surface area contributed by atoms with Crippen LogP contribution < -0.4 is 4.74 Å². The Balaban J connectivity index is 1.37. The molecule has 7 nitrogen and oxygen atoms in total. The van der Waals surface area contributed by atoms with Gasteiger partial charge in [0.2, 0.25) is 11.7 Å². The fourth-order valence-corrected chi connectivity index (χ4v) is 4.58. The number of thioether (sulfide) groups is 1. The first-order valence-electron chi connectivity index (χ1n) is 8.05. The van der Waals surface area contributed by atoms with Crippen LogP contribution in [0.1, 0.15) is 11.7 Å². The molecule has 0 N–H and O–H groups in total. The molecule has 0 radical (unpaired) electrons. The Morgan fingerprint density at radius 2 is 2.18 bits per heavy atom. The zero-order valence-corrected chi connectivity index (χ0v) is 18.5. The van der Waals surface area contributed by atoms with Crippen molar-refractivity contribution in [1.29, 1.82) is 0 Å². The average Bonchev–Trinajstić information content (AvgIpc) is 3.40. The lowest BCUT2D eigenvalue weighted by molar-refractivity contribution is 0.290. The second-order valence-electron chi connectivity index (χ2n) is 5.61. The Morgan fingerprint density at radius 3 is 2.96 bits per heavy atom. The average molecular weight is 499 g/mol. The van der Waals surface area contributed by atoms with Gasteiger partial charge in [0.1, 0.15) is 12.4 Å². The van der Waals surface area contributed by atoms with Crippen molar-refractivity contribution >= 4 is 50.6 Å². The minimum Gasteiger partial charge on any atom is -0.484 e. The summed E-state index contributed by atoms with van der Waals surface area (Å²) in [5.74, 6) is 2.91. The van der Waals surface area contributed by atoms with Gasteiger partial charge < -0.3 is 13.8 Å². The highest BCUT2D eigenvalue weighted by Crippen LogP contribution is 2.29. The van der Waals surface area contributed by atoms with Gasteiger partial charge in [0.05, 0.1) is 15.7 Å². The molecule has 3 aromatic heterocycles. The van der Waals surface area contributed by atoms with E-state index < -0.39 is 0 Å². The molecule has 0 saturated carbocycles. The number of thiophene rings is 1. The zero-order chi connectivity index (χ0) is 19.5. The van der Waals surface area contributed by atoms with Crippen molar-refractivity contribution in [3.05, 3.63) is 56.9 Å². The lowest BCUT2D eigenvalue weighted by atomic mass is 10.3. The highest BCUT2D eigenvalue weighted by atomic mass is 79.9. The minimum atomic E-state index is 0.270. The molecule has 144 valence electrons. The molecule has 0 unspecified atom stereocenters. The number of hydrogen-bond donors (Lipinski definition) is 0. The molecule has 0 amide bonds. The van der Waals surface area contributed by atoms with Gasteiger partial charge >= 0.3 is 0 Å². The molecular formula is C17H13BrClN5O2S2. The number of ether oxygens (including phenoxy) is 1. The standard InChI is InChI=1S/C17H13BrClN5O2S2/c1-24-14(7-25-12-5-3-2-4-11(12)19)21-22-17(24)28-9-15-20-16(23-26-15)13-6-10(18)8-27-13/h2-6,8H,7,9H2,1H3. The topological polar surface area (TPSA) is 78.9 Å². The lowest BCUT2D eigenvalue weighted by Gasteiger charge is -2.07. The van der Waals surface area contributed by atoms with Crippen LogP contribution in [0.3, 0.4) is 0 Å². The third-order valence-corrected chi connectivity index (χ3v) is 6.70. The summed E-state index contributed by atoms with van der Waals surface area (Å²) in [5.41, 5.74) is 0. The van der Waals surface area contributed by atoms with E-state index in [4.69, 9.17) is 20.9 Å². The molecule has 0 aliphatic carbocycles. The summed E-state index contributed by atoms with van der Waals surface area (Å²) in [7, 11) is 1.88. The normalized spacial score (nSPS) is 11.1. The largest absolute Gasteiger partial charge is 0.484 e. The number of aromatic nitrogens is 5. The summed E-state index contributed by atoms with van der Waals surface area (Å²) in [6, 6.07) is 9.27. The van der Waals surface area contributed by atoms with Crippen LogP contribution in [0.2, 0.25) is 5.02 Å². The molecule has 0 fully saturated rings. The van der Waals surface area contributed by atoms with Gasteiger partial charge in [-0.05, 0) is 34.1 Å². The molecule has 4 aromatic rings. The van der Waals surface area contributed by atoms with Crippen LogP contribution in [0.5, 0.6) is 5.75 Å². The van der Waals surface area contributed by atoms with Crippen LogP contribution in [0, 0.1) is 0 Å². The SMILES string of the molecule is Cn1c(COc2ccccc2Cl)nnc1SCc1nc(-c2cc(Br)cs2)no1. The quantitative estimate of drug-likeness (QED) is 0.323. The molecular weight excluding hydrogens is 486 g/mol. The molecule has 4 rings (SSSR count). The van der Waals surface area contributed by atoms with Crippen LogP contribution in [-0.4, -0.2) is 24.9 Å². The van der Waals surface area contributed by atoms with Crippen LogP contribution in [0.4, 0.5) is 0 Å². The molecule has 1 aromatic carbocycles. The van der Waals surface area contributed by atoms with Gasteiger partial charge in [0.15, 0.2) is 11.0 Å². The van der Waals surface area contributed by atoms with E-state index in [0.717, 1.165) is 14.5 Å². The molecule has 28 heavy (non-hydrogen) atoms. The Morgan fingerprint density at radius 1 is 1.32 bits per heavy atom. The van der Waals surface area contributed by atoms with E-state index in [0.29, 0.717) is 34.1 Å². The second kappa shape index (κ2) is 8.64. The van der Waals surface area contributed by atoms with E-state index in [1.165, 1.54) is 11.8 Å². The summed E-state index contributed by atoms with van der Waals surface area (Å²) >= 11 is 12.5. The number of halogens is 2. The van der Waals surface area contributed by atoms with Crippen LogP contribution in [0.25, 0.3) is 10.7 Å². The van der Waals surface area contributed by atoms with Gasteiger partial charge in [0, 0.05) is 16.9 Å². The lowest BCUT2D eigenvalue weighted by Crippen LogP contribution is -2.04. The van der Waals surface area contributed by atoms with Gasteiger partial charge in [0.25, 0.3) is 0 Å².